The SMILES string of the molecule is Cc1ccc2cc(-c3c4ccccc4c(-c4cccc(C5=CCC=C(c6ccccc6)S5)c4)c4ccccc34)ccc2c1. The first kappa shape index (κ1) is 25.8. The van der Waals surface area contributed by atoms with Gasteiger partial charge in [0.1, 0.15) is 0 Å². The normalized spacial score (nSPS) is 13.3. The Kier molecular flexibility index (Phi) is 6.47. The standard InChI is InChI=1S/C42H30S/c1-28-21-22-31-26-34(24-23-30(31)25-28)42-37-17-7-5-15-35(37)41(36-16-6-8-18-38(36)42)33-14-9-13-32(27-33)40-20-10-19-39(43-40)29-11-3-2-4-12-29/h2-9,11-27H,10H2,1H3. The Balaban J connectivity index is 1.30. The maximum absolute atomic E-state index is 2.39. The van der Waals surface area contributed by atoms with Crippen LogP contribution in [0, 0.1) is 6.92 Å². The second kappa shape index (κ2) is 10.8. The molecule has 8 rings (SSSR count). The van der Waals surface area contributed by atoms with Gasteiger partial charge in [0.05, 0.1) is 0 Å². The Hall–Kier alpha value is -4.85. The highest BCUT2D eigenvalue weighted by Gasteiger charge is 2.18. The van der Waals surface area contributed by atoms with E-state index in [2.05, 4.69) is 159 Å². The lowest BCUT2D eigenvalue weighted by Crippen LogP contribution is -1.92. The highest BCUT2D eigenvalue weighted by atomic mass is 32.2. The van der Waals surface area contributed by atoms with Gasteiger partial charge in [-0.05, 0) is 91.2 Å². The van der Waals surface area contributed by atoms with Crippen LogP contribution >= 0.6 is 11.8 Å². The predicted octanol–water partition coefficient (Wildman–Crippen LogP) is 12.3. The third kappa shape index (κ3) is 4.67. The molecule has 7 aromatic rings. The summed E-state index contributed by atoms with van der Waals surface area (Å²) in [5.41, 5.74) is 8.95. The van der Waals surface area contributed by atoms with Crippen molar-refractivity contribution < 1.29 is 0 Å². The number of thioether (sulfide) groups is 1. The molecule has 0 spiro atoms. The fourth-order valence-electron chi connectivity index (χ4n) is 6.53. The van der Waals surface area contributed by atoms with Crippen molar-refractivity contribution in [3.05, 3.63) is 168 Å². The molecule has 0 aromatic heterocycles. The Morgan fingerprint density at radius 3 is 1.60 bits per heavy atom. The van der Waals surface area contributed by atoms with E-state index in [0.29, 0.717) is 0 Å². The molecule has 1 aliphatic heterocycles. The summed E-state index contributed by atoms with van der Waals surface area (Å²) in [5, 5.41) is 7.70. The summed E-state index contributed by atoms with van der Waals surface area (Å²) < 4.78 is 0. The maximum Gasteiger partial charge on any atom is 0.0158 e. The smallest absolute Gasteiger partial charge is 0.0158 e. The van der Waals surface area contributed by atoms with Gasteiger partial charge in [0.15, 0.2) is 0 Å². The van der Waals surface area contributed by atoms with Crippen molar-refractivity contribution in [1.29, 1.82) is 0 Å². The molecule has 1 heteroatoms. The van der Waals surface area contributed by atoms with Crippen LogP contribution in [0.4, 0.5) is 0 Å². The van der Waals surface area contributed by atoms with Crippen molar-refractivity contribution in [2.24, 2.45) is 0 Å². The molecular formula is C42H30S. The first-order valence-electron chi connectivity index (χ1n) is 14.9. The summed E-state index contributed by atoms with van der Waals surface area (Å²) in [6, 6.07) is 51.4. The summed E-state index contributed by atoms with van der Waals surface area (Å²) in [4.78, 5) is 2.65. The largest absolute Gasteiger partial charge is 0.0895 e. The molecule has 0 unspecified atom stereocenters. The molecule has 1 aliphatic rings. The van der Waals surface area contributed by atoms with Gasteiger partial charge in [-0.1, -0.05) is 157 Å². The van der Waals surface area contributed by atoms with Gasteiger partial charge >= 0.3 is 0 Å². The van der Waals surface area contributed by atoms with E-state index in [1.54, 1.807) is 0 Å². The molecule has 0 atom stereocenters. The average Bonchev–Trinajstić information content (AvgIpc) is 3.07. The third-order valence-electron chi connectivity index (χ3n) is 8.54. The second-order valence-electron chi connectivity index (χ2n) is 11.3. The molecule has 1 heterocycles. The van der Waals surface area contributed by atoms with Crippen LogP contribution in [0.25, 0.3) is 64.4 Å². The van der Waals surface area contributed by atoms with Gasteiger partial charge in [-0.3, -0.25) is 0 Å². The Morgan fingerprint density at radius 2 is 0.930 bits per heavy atom. The van der Waals surface area contributed by atoms with Gasteiger partial charge in [0.25, 0.3) is 0 Å². The van der Waals surface area contributed by atoms with Crippen LogP contribution in [0.5, 0.6) is 0 Å². The average molecular weight is 567 g/mol. The van der Waals surface area contributed by atoms with E-state index in [9.17, 15) is 0 Å². The lowest BCUT2D eigenvalue weighted by atomic mass is 9.85. The number of aryl methyl sites for hydroxylation is 1. The molecule has 0 nitrogen and oxygen atoms in total. The highest BCUT2D eigenvalue weighted by molar-refractivity contribution is 8.16. The Bertz CT molecular complexity index is 2180. The molecule has 7 aromatic carbocycles. The number of benzene rings is 7. The van der Waals surface area contributed by atoms with Gasteiger partial charge in [-0.2, -0.15) is 0 Å². The lowest BCUT2D eigenvalue weighted by molar-refractivity contribution is 1.40. The summed E-state index contributed by atoms with van der Waals surface area (Å²) >= 11 is 1.87. The molecule has 43 heavy (non-hydrogen) atoms. The van der Waals surface area contributed by atoms with E-state index < -0.39 is 0 Å². The van der Waals surface area contributed by atoms with Crippen LogP contribution in [-0.2, 0) is 0 Å². The summed E-state index contributed by atoms with van der Waals surface area (Å²) in [7, 11) is 0. The Labute approximate surface area is 257 Å². The summed E-state index contributed by atoms with van der Waals surface area (Å²) in [6.07, 6.45) is 5.64. The Morgan fingerprint density at radius 1 is 0.419 bits per heavy atom. The summed E-state index contributed by atoms with van der Waals surface area (Å²) in [6.45, 7) is 2.16. The first-order chi connectivity index (χ1) is 21.2. The zero-order valence-electron chi connectivity index (χ0n) is 24.0. The molecule has 0 saturated heterocycles. The van der Waals surface area contributed by atoms with E-state index in [0.717, 1.165) is 6.42 Å². The van der Waals surface area contributed by atoms with Crippen molar-refractivity contribution >= 4 is 53.9 Å². The maximum atomic E-state index is 2.39. The summed E-state index contributed by atoms with van der Waals surface area (Å²) in [5.74, 6) is 0. The van der Waals surface area contributed by atoms with E-state index >= 15 is 0 Å². The molecule has 0 N–H and O–H groups in total. The lowest BCUT2D eigenvalue weighted by Gasteiger charge is -2.19. The molecule has 0 bridgehead atoms. The van der Waals surface area contributed by atoms with Crippen molar-refractivity contribution in [1.82, 2.24) is 0 Å². The van der Waals surface area contributed by atoms with Gasteiger partial charge in [0, 0.05) is 9.81 Å². The van der Waals surface area contributed by atoms with Crippen molar-refractivity contribution in [2.75, 3.05) is 0 Å². The predicted molar refractivity (Wildman–Crippen MR) is 189 cm³/mol. The first-order valence-corrected chi connectivity index (χ1v) is 15.7. The fraction of sp³-hybridized carbons (Fsp3) is 0.0476. The minimum atomic E-state index is 0.947. The monoisotopic (exact) mass is 566 g/mol. The zero-order chi connectivity index (χ0) is 28.8. The second-order valence-corrected chi connectivity index (χ2v) is 12.4. The number of hydrogen-bond acceptors (Lipinski definition) is 1. The van der Waals surface area contributed by atoms with Crippen LogP contribution in [0.2, 0.25) is 0 Å². The molecule has 204 valence electrons. The molecule has 0 fully saturated rings. The number of fused-ring (bicyclic) bond motifs is 3. The van der Waals surface area contributed by atoms with Crippen LogP contribution in [0.15, 0.2) is 152 Å². The van der Waals surface area contributed by atoms with E-state index in [1.807, 2.05) is 11.8 Å². The van der Waals surface area contributed by atoms with Crippen molar-refractivity contribution in [2.45, 2.75) is 13.3 Å². The quantitative estimate of drug-likeness (QED) is 0.191. The third-order valence-corrected chi connectivity index (χ3v) is 9.78. The molecule has 0 radical (unpaired) electrons. The van der Waals surface area contributed by atoms with E-state index in [1.165, 1.54) is 81.1 Å². The molecular weight excluding hydrogens is 537 g/mol. The minimum absolute atomic E-state index is 0.947. The molecule has 0 saturated carbocycles. The van der Waals surface area contributed by atoms with Crippen LogP contribution < -0.4 is 0 Å². The number of rotatable bonds is 4. The topological polar surface area (TPSA) is 0 Å². The van der Waals surface area contributed by atoms with Crippen molar-refractivity contribution in [3.63, 3.8) is 0 Å². The number of allylic oxidation sites excluding steroid dienone is 2. The van der Waals surface area contributed by atoms with Crippen LogP contribution in [-0.4, -0.2) is 0 Å². The fourth-order valence-corrected chi connectivity index (χ4v) is 7.62. The van der Waals surface area contributed by atoms with E-state index in [-0.39, 0.29) is 0 Å². The van der Waals surface area contributed by atoms with Crippen LogP contribution in [0.3, 0.4) is 0 Å². The number of hydrogen-bond donors (Lipinski definition) is 0. The molecule has 0 amide bonds. The van der Waals surface area contributed by atoms with Gasteiger partial charge in [-0.15, -0.1) is 0 Å². The minimum Gasteiger partial charge on any atom is -0.0895 e. The van der Waals surface area contributed by atoms with Gasteiger partial charge in [-0.25, -0.2) is 0 Å². The van der Waals surface area contributed by atoms with Crippen molar-refractivity contribution in [3.8, 4) is 22.3 Å². The molecule has 0 aliphatic carbocycles. The highest BCUT2D eigenvalue weighted by Crippen LogP contribution is 2.46. The van der Waals surface area contributed by atoms with Crippen LogP contribution in [0.1, 0.15) is 23.1 Å². The van der Waals surface area contributed by atoms with Gasteiger partial charge < -0.3 is 0 Å². The zero-order valence-corrected chi connectivity index (χ0v) is 24.9. The van der Waals surface area contributed by atoms with E-state index in [4.69, 9.17) is 0 Å². The van der Waals surface area contributed by atoms with Gasteiger partial charge in [0.2, 0.25) is 0 Å².